The van der Waals surface area contributed by atoms with Crippen molar-refractivity contribution in [2.45, 2.75) is 26.8 Å². The second-order valence-electron chi connectivity index (χ2n) is 7.69. The molecule has 7 nitrogen and oxygen atoms in total. The number of anilines is 1. The Morgan fingerprint density at radius 3 is 2.26 bits per heavy atom. The fraction of sp³-hybridized carbons (Fsp3) is 0.0800. The van der Waals surface area contributed by atoms with Gasteiger partial charge in [0.05, 0.1) is 21.0 Å². The lowest BCUT2D eigenvalue weighted by Gasteiger charge is -2.12. The van der Waals surface area contributed by atoms with E-state index in [1.54, 1.807) is 54.6 Å². The van der Waals surface area contributed by atoms with Crippen LogP contribution in [0.1, 0.15) is 21.5 Å². The topological polar surface area (TPSA) is 118 Å². The number of nitrogens with one attached hydrogen (secondary N) is 1. The molecule has 3 aromatic carbocycles. The molecule has 0 radical (unpaired) electrons. The van der Waals surface area contributed by atoms with E-state index in [0.29, 0.717) is 18.5 Å². The molecular formula is C25H21NO6S3. The number of sulfonamides is 1. The largest absolute Gasteiger partial charge is 0.478 e. The van der Waals surface area contributed by atoms with Crippen LogP contribution >= 0.6 is 11.3 Å². The van der Waals surface area contributed by atoms with E-state index >= 15 is 0 Å². The van der Waals surface area contributed by atoms with E-state index in [1.807, 2.05) is 6.07 Å². The molecule has 0 bridgehead atoms. The van der Waals surface area contributed by atoms with Crippen molar-refractivity contribution < 1.29 is 26.7 Å². The molecular weight excluding hydrogens is 506 g/mol. The number of benzene rings is 3. The van der Waals surface area contributed by atoms with E-state index in [2.05, 4.69) is 4.72 Å². The number of hydrogen-bond acceptors (Lipinski definition) is 6. The molecule has 2 N–H and O–H groups in total. The van der Waals surface area contributed by atoms with Crippen LogP contribution in [0, 0.1) is 0 Å². The van der Waals surface area contributed by atoms with Crippen LogP contribution in [0.25, 0.3) is 0 Å². The Balaban J connectivity index is 1.54. The van der Waals surface area contributed by atoms with Gasteiger partial charge in [0.15, 0.2) is 0 Å². The third-order valence-electron chi connectivity index (χ3n) is 5.30. The first-order valence-corrected chi connectivity index (χ1v) is 14.3. The summed E-state index contributed by atoms with van der Waals surface area (Å²) in [4.78, 5) is 11.2. The minimum Gasteiger partial charge on any atom is -0.478 e. The fourth-order valence-electron chi connectivity index (χ4n) is 3.49. The number of rotatable bonds is 9. The maximum absolute atomic E-state index is 13.1. The van der Waals surface area contributed by atoms with E-state index in [9.17, 15) is 26.7 Å². The summed E-state index contributed by atoms with van der Waals surface area (Å²) >= 11 is 0.832. The smallest absolute Gasteiger partial charge is 0.335 e. The summed E-state index contributed by atoms with van der Waals surface area (Å²) in [5.41, 5.74) is 2.11. The number of aromatic carboxylic acids is 1. The highest BCUT2D eigenvalue weighted by atomic mass is 32.2. The number of hydrogen-bond donors (Lipinski definition) is 2. The summed E-state index contributed by atoms with van der Waals surface area (Å²) in [7, 11) is -7.86. The van der Waals surface area contributed by atoms with Gasteiger partial charge in [0.25, 0.3) is 10.0 Å². The highest BCUT2D eigenvalue weighted by Crippen LogP contribution is 2.30. The Hall–Kier alpha value is -3.47. The van der Waals surface area contributed by atoms with Gasteiger partial charge in [0, 0.05) is 5.38 Å². The minimum atomic E-state index is -4.03. The summed E-state index contributed by atoms with van der Waals surface area (Å²) < 4.78 is 54.2. The molecule has 0 aliphatic rings. The van der Waals surface area contributed by atoms with Gasteiger partial charge in [-0.3, -0.25) is 4.72 Å². The normalized spacial score (nSPS) is 11.8. The van der Waals surface area contributed by atoms with Gasteiger partial charge < -0.3 is 5.11 Å². The molecule has 0 unspecified atom stereocenters. The molecule has 0 saturated carbocycles. The summed E-state index contributed by atoms with van der Waals surface area (Å²) in [6.45, 7) is 0. The van der Waals surface area contributed by atoms with E-state index in [-0.39, 0.29) is 19.6 Å². The predicted octanol–water partition coefficient (Wildman–Crippen LogP) is 4.87. The third-order valence-corrected chi connectivity index (χ3v) is 10.0. The van der Waals surface area contributed by atoms with E-state index in [0.717, 1.165) is 28.5 Å². The van der Waals surface area contributed by atoms with Gasteiger partial charge in [-0.15, -0.1) is 11.3 Å². The first kappa shape index (κ1) is 24.6. The molecule has 4 rings (SSSR count). The molecule has 0 fully saturated rings. The van der Waals surface area contributed by atoms with Crippen molar-refractivity contribution in [3.8, 4) is 0 Å². The summed E-state index contributed by atoms with van der Waals surface area (Å²) in [5, 5.41) is 10.5. The van der Waals surface area contributed by atoms with Crippen LogP contribution in [0.15, 0.2) is 104 Å². The second kappa shape index (κ2) is 10.0. The van der Waals surface area contributed by atoms with Gasteiger partial charge >= 0.3 is 5.97 Å². The number of aryl methyl sites for hydroxylation is 2. The SMILES string of the molecule is O=C(O)c1cccc(CCc2ccccc2NS(=O)(=O)c2cc(S(=O)(=O)c3ccccc3)cs2)c1. The average Bonchev–Trinajstić information content (AvgIpc) is 3.37. The monoisotopic (exact) mass is 527 g/mol. The van der Waals surface area contributed by atoms with Gasteiger partial charge in [-0.2, -0.15) is 0 Å². The molecule has 10 heteroatoms. The molecule has 4 aromatic rings. The van der Waals surface area contributed by atoms with Crippen molar-refractivity contribution >= 4 is 42.9 Å². The zero-order valence-corrected chi connectivity index (χ0v) is 20.7. The van der Waals surface area contributed by atoms with Gasteiger partial charge in [-0.05, 0) is 60.4 Å². The average molecular weight is 528 g/mol. The Kier molecular flexibility index (Phi) is 7.06. The van der Waals surface area contributed by atoms with Crippen molar-refractivity contribution in [2.24, 2.45) is 0 Å². The molecule has 0 aliphatic heterocycles. The first-order valence-electron chi connectivity index (χ1n) is 10.5. The van der Waals surface area contributed by atoms with Crippen LogP contribution in [-0.2, 0) is 32.7 Å². The zero-order valence-electron chi connectivity index (χ0n) is 18.3. The standard InChI is InChI=1S/C25H21NO6S3/c27-25(28)20-9-6-7-18(15-20)13-14-19-8-4-5-12-23(19)26-35(31,32)24-16-22(17-33-24)34(29,30)21-10-2-1-3-11-21/h1-12,15-17,26H,13-14H2,(H,27,28). The van der Waals surface area contributed by atoms with Crippen LogP contribution in [-0.4, -0.2) is 27.9 Å². The first-order chi connectivity index (χ1) is 16.7. The van der Waals surface area contributed by atoms with Crippen LogP contribution in [0.3, 0.4) is 0 Å². The Bertz CT molecular complexity index is 1580. The molecule has 1 aromatic heterocycles. The Labute approximate surface area is 207 Å². The number of carboxylic acid groups (broad SMARTS) is 1. The molecule has 35 heavy (non-hydrogen) atoms. The number of carboxylic acids is 1. The minimum absolute atomic E-state index is 0.0827. The van der Waals surface area contributed by atoms with Crippen LogP contribution < -0.4 is 4.72 Å². The van der Waals surface area contributed by atoms with Gasteiger partial charge in [0.2, 0.25) is 9.84 Å². The number of thiophene rings is 1. The molecule has 0 aliphatic carbocycles. The van der Waals surface area contributed by atoms with Gasteiger partial charge in [0.1, 0.15) is 4.21 Å². The van der Waals surface area contributed by atoms with Crippen LogP contribution in [0.2, 0.25) is 0 Å². The van der Waals surface area contributed by atoms with Crippen LogP contribution in [0.4, 0.5) is 5.69 Å². The Morgan fingerprint density at radius 1 is 0.800 bits per heavy atom. The van der Waals surface area contributed by atoms with E-state index < -0.39 is 25.8 Å². The van der Waals surface area contributed by atoms with E-state index in [4.69, 9.17) is 0 Å². The van der Waals surface area contributed by atoms with Crippen molar-refractivity contribution in [3.05, 3.63) is 107 Å². The lowest BCUT2D eigenvalue weighted by molar-refractivity contribution is 0.0696. The number of para-hydroxylation sites is 1. The third kappa shape index (κ3) is 5.61. The molecule has 0 saturated heterocycles. The fourth-order valence-corrected chi connectivity index (χ4v) is 7.49. The maximum Gasteiger partial charge on any atom is 0.335 e. The van der Waals surface area contributed by atoms with E-state index in [1.165, 1.54) is 23.6 Å². The van der Waals surface area contributed by atoms with Gasteiger partial charge in [-0.1, -0.05) is 48.5 Å². The molecule has 0 atom stereocenters. The zero-order chi connectivity index (χ0) is 25.1. The van der Waals surface area contributed by atoms with Crippen molar-refractivity contribution in [1.29, 1.82) is 0 Å². The highest BCUT2D eigenvalue weighted by molar-refractivity contribution is 7.95. The van der Waals surface area contributed by atoms with Crippen molar-refractivity contribution in [3.63, 3.8) is 0 Å². The lowest BCUT2D eigenvalue weighted by Crippen LogP contribution is -2.13. The predicted molar refractivity (Wildman–Crippen MR) is 134 cm³/mol. The number of sulfone groups is 1. The highest BCUT2D eigenvalue weighted by Gasteiger charge is 2.24. The lowest BCUT2D eigenvalue weighted by atomic mass is 10.0. The summed E-state index contributed by atoms with van der Waals surface area (Å²) in [6.07, 6.45) is 0.984. The molecule has 0 amide bonds. The maximum atomic E-state index is 13.1. The van der Waals surface area contributed by atoms with Crippen LogP contribution in [0.5, 0.6) is 0 Å². The molecule has 180 valence electrons. The molecule has 1 heterocycles. The van der Waals surface area contributed by atoms with Crippen molar-refractivity contribution in [1.82, 2.24) is 0 Å². The Morgan fingerprint density at radius 2 is 1.51 bits per heavy atom. The second-order valence-corrected chi connectivity index (χ2v) is 12.5. The molecule has 0 spiro atoms. The van der Waals surface area contributed by atoms with Gasteiger partial charge in [-0.25, -0.2) is 21.6 Å². The summed E-state index contributed by atoms with van der Waals surface area (Å²) in [6, 6.07) is 22.5. The summed E-state index contributed by atoms with van der Waals surface area (Å²) in [5.74, 6) is -1.01. The van der Waals surface area contributed by atoms with Crippen molar-refractivity contribution in [2.75, 3.05) is 4.72 Å². The quantitative estimate of drug-likeness (QED) is 0.321. The number of carbonyl (C=O) groups is 1.